The van der Waals surface area contributed by atoms with Gasteiger partial charge < -0.3 is 10.6 Å². The second-order valence-electron chi connectivity index (χ2n) is 2.36. The van der Waals surface area contributed by atoms with E-state index in [2.05, 4.69) is 17.2 Å². The predicted octanol–water partition coefficient (Wildman–Crippen LogP) is -0.0928. The zero-order chi connectivity index (χ0) is 8.97. The summed E-state index contributed by atoms with van der Waals surface area (Å²) in [6.45, 7) is 4.78. The number of nitrogens with zero attached hydrogens (tertiary/aromatic N) is 1. The fourth-order valence-corrected chi connectivity index (χ4v) is 0.920. The zero-order valence-corrected chi connectivity index (χ0v) is 6.67. The molecule has 0 radical (unpaired) electrons. The highest BCUT2D eigenvalue weighted by atomic mass is 16.2. The molecule has 4 amide bonds. The molecule has 2 N–H and O–H groups in total. The zero-order valence-electron chi connectivity index (χ0n) is 6.67. The molecule has 1 rings (SSSR count). The van der Waals surface area contributed by atoms with Gasteiger partial charge in [0.25, 0.3) is 0 Å². The summed E-state index contributed by atoms with van der Waals surface area (Å²) in [5.74, 6) is 0. The molecule has 1 aliphatic heterocycles. The van der Waals surface area contributed by atoms with E-state index in [4.69, 9.17) is 0 Å². The SMILES string of the molecule is C=CCNC(=O)N1CCNC1=O. The number of urea groups is 2. The Hall–Kier alpha value is -1.52. The topological polar surface area (TPSA) is 61.4 Å². The number of carbonyl (C=O) groups excluding carboxylic acids is 2. The number of imide groups is 1. The number of carbonyl (C=O) groups is 2. The second kappa shape index (κ2) is 3.75. The van der Waals surface area contributed by atoms with Gasteiger partial charge >= 0.3 is 12.1 Å². The van der Waals surface area contributed by atoms with Crippen LogP contribution in [-0.2, 0) is 0 Å². The lowest BCUT2D eigenvalue weighted by Crippen LogP contribution is -2.41. The van der Waals surface area contributed by atoms with Crippen molar-refractivity contribution in [3.05, 3.63) is 12.7 Å². The molecule has 1 saturated heterocycles. The maximum absolute atomic E-state index is 11.1. The number of nitrogens with one attached hydrogen (secondary N) is 2. The molecular formula is C7H11N3O2. The van der Waals surface area contributed by atoms with Gasteiger partial charge in [-0.05, 0) is 0 Å². The van der Waals surface area contributed by atoms with Crippen molar-refractivity contribution in [1.82, 2.24) is 15.5 Å². The van der Waals surface area contributed by atoms with Gasteiger partial charge in [-0.25, -0.2) is 14.5 Å². The number of amides is 4. The highest BCUT2D eigenvalue weighted by molar-refractivity contribution is 5.94. The van der Waals surface area contributed by atoms with Crippen molar-refractivity contribution in [2.75, 3.05) is 19.6 Å². The largest absolute Gasteiger partial charge is 0.336 e. The highest BCUT2D eigenvalue weighted by Gasteiger charge is 2.25. The van der Waals surface area contributed by atoms with Crippen molar-refractivity contribution in [1.29, 1.82) is 0 Å². The minimum atomic E-state index is -0.370. The van der Waals surface area contributed by atoms with Gasteiger partial charge in [0.2, 0.25) is 0 Å². The van der Waals surface area contributed by atoms with Crippen molar-refractivity contribution in [3.63, 3.8) is 0 Å². The summed E-state index contributed by atoms with van der Waals surface area (Å²) in [5.41, 5.74) is 0. The van der Waals surface area contributed by atoms with Gasteiger partial charge in [0.05, 0.1) is 0 Å². The molecule has 12 heavy (non-hydrogen) atoms. The summed E-state index contributed by atoms with van der Waals surface area (Å²) >= 11 is 0. The third-order valence-electron chi connectivity index (χ3n) is 1.50. The molecule has 1 heterocycles. The van der Waals surface area contributed by atoms with Crippen LogP contribution in [0.4, 0.5) is 9.59 Å². The van der Waals surface area contributed by atoms with Crippen LogP contribution in [0, 0.1) is 0 Å². The van der Waals surface area contributed by atoms with Crippen molar-refractivity contribution in [3.8, 4) is 0 Å². The van der Waals surface area contributed by atoms with E-state index >= 15 is 0 Å². The Labute approximate surface area is 70.4 Å². The summed E-state index contributed by atoms with van der Waals surface area (Å²) in [7, 11) is 0. The van der Waals surface area contributed by atoms with Crippen LogP contribution < -0.4 is 10.6 Å². The normalized spacial score (nSPS) is 15.7. The van der Waals surface area contributed by atoms with Gasteiger partial charge in [0.1, 0.15) is 0 Å². The Bertz CT molecular complexity index is 215. The number of rotatable bonds is 2. The predicted molar refractivity (Wildman–Crippen MR) is 43.7 cm³/mol. The van der Waals surface area contributed by atoms with E-state index in [1.807, 2.05) is 0 Å². The van der Waals surface area contributed by atoms with Gasteiger partial charge in [-0.1, -0.05) is 6.08 Å². The lowest BCUT2D eigenvalue weighted by atomic mass is 10.6. The Balaban J connectivity index is 2.40. The molecule has 5 heteroatoms. The van der Waals surface area contributed by atoms with Gasteiger partial charge in [0.15, 0.2) is 0 Å². The van der Waals surface area contributed by atoms with Crippen molar-refractivity contribution >= 4 is 12.1 Å². The van der Waals surface area contributed by atoms with Gasteiger partial charge in [-0.15, -0.1) is 6.58 Å². The first-order valence-corrected chi connectivity index (χ1v) is 3.70. The standard InChI is InChI=1S/C7H11N3O2/c1-2-3-8-6(11)10-5-4-9-7(10)12/h2H,1,3-5H2,(H,8,11)(H,9,12). The van der Waals surface area contributed by atoms with Crippen molar-refractivity contribution < 1.29 is 9.59 Å². The Morgan fingerprint density at radius 3 is 3.08 bits per heavy atom. The monoisotopic (exact) mass is 169 g/mol. The molecule has 1 fully saturated rings. The van der Waals surface area contributed by atoms with E-state index in [9.17, 15) is 9.59 Å². The van der Waals surface area contributed by atoms with Crippen LogP contribution in [0.1, 0.15) is 0 Å². The summed E-state index contributed by atoms with van der Waals surface area (Å²) in [6, 6.07) is -0.707. The molecule has 0 bridgehead atoms. The quantitative estimate of drug-likeness (QED) is 0.567. The molecule has 0 spiro atoms. The average molecular weight is 169 g/mol. The van der Waals surface area contributed by atoms with Gasteiger partial charge in [-0.3, -0.25) is 0 Å². The number of hydrogen-bond acceptors (Lipinski definition) is 2. The Morgan fingerprint density at radius 2 is 2.58 bits per heavy atom. The molecule has 0 atom stereocenters. The summed E-state index contributed by atoms with van der Waals surface area (Å²) < 4.78 is 0. The van der Waals surface area contributed by atoms with Gasteiger partial charge in [0, 0.05) is 19.6 Å². The van der Waals surface area contributed by atoms with E-state index in [1.54, 1.807) is 6.08 Å². The lowest BCUT2D eigenvalue weighted by Gasteiger charge is -2.11. The highest BCUT2D eigenvalue weighted by Crippen LogP contribution is 1.96. The molecule has 0 aliphatic carbocycles. The first-order chi connectivity index (χ1) is 5.75. The Morgan fingerprint density at radius 1 is 1.83 bits per heavy atom. The minimum Gasteiger partial charge on any atom is -0.336 e. The van der Waals surface area contributed by atoms with Crippen LogP contribution in [0.2, 0.25) is 0 Å². The van der Waals surface area contributed by atoms with Crippen molar-refractivity contribution in [2.24, 2.45) is 0 Å². The molecule has 5 nitrogen and oxygen atoms in total. The average Bonchev–Trinajstić information content (AvgIpc) is 2.47. The summed E-state index contributed by atoms with van der Waals surface area (Å²) in [5, 5.41) is 5.04. The van der Waals surface area contributed by atoms with Crippen molar-refractivity contribution in [2.45, 2.75) is 0 Å². The fraction of sp³-hybridized carbons (Fsp3) is 0.429. The summed E-state index contributed by atoms with van der Waals surface area (Å²) in [6.07, 6.45) is 1.56. The van der Waals surface area contributed by atoms with Crippen LogP contribution >= 0.6 is 0 Å². The molecule has 1 aliphatic rings. The molecule has 0 unspecified atom stereocenters. The first kappa shape index (κ1) is 8.58. The maximum Gasteiger partial charge on any atom is 0.325 e. The van der Waals surface area contributed by atoms with Crippen LogP contribution in [-0.4, -0.2) is 36.6 Å². The molecule has 0 saturated carbocycles. The minimum absolute atomic E-state index is 0.337. The fourth-order valence-electron chi connectivity index (χ4n) is 0.920. The Kier molecular flexibility index (Phi) is 2.68. The van der Waals surface area contributed by atoms with Crippen LogP contribution in [0.3, 0.4) is 0 Å². The third kappa shape index (κ3) is 1.75. The molecule has 66 valence electrons. The molecule has 0 aromatic carbocycles. The van der Waals surface area contributed by atoms with E-state index in [0.29, 0.717) is 19.6 Å². The molecular weight excluding hydrogens is 158 g/mol. The van der Waals surface area contributed by atoms with E-state index in [-0.39, 0.29) is 12.1 Å². The summed E-state index contributed by atoms with van der Waals surface area (Å²) in [4.78, 5) is 23.2. The first-order valence-electron chi connectivity index (χ1n) is 3.70. The molecule has 0 aromatic rings. The third-order valence-corrected chi connectivity index (χ3v) is 1.50. The number of hydrogen-bond donors (Lipinski definition) is 2. The van der Waals surface area contributed by atoms with Crippen LogP contribution in [0.25, 0.3) is 0 Å². The van der Waals surface area contributed by atoms with E-state index in [0.717, 1.165) is 4.90 Å². The lowest BCUT2D eigenvalue weighted by molar-refractivity contribution is 0.199. The van der Waals surface area contributed by atoms with Crippen LogP contribution in [0.15, 0.2) is 12.7 Å². The van der Waals surface area contributed by atoms with Crippen LogP contribution in [0.5, 0.6) is 0 Å². The van der Waals surface area contributed by atoms with Gasteiger partial charge in [-0.2, -0.15) is 0 Å². The maximum atomic E-state index is 11.1. The smallest absolute Gasteiger partial charge is 0.325 e. The van der Waals surface area contributed by atoms with E-state index in [1.165, 1.54) is 0 Å². The molecule has 0 aromatic heterocycles. The second-order valence-corrected chi connectivity index (χ2v) is 2.36. The van der Waals surface area contributed by atoms with E-state index < -0.39 is 0 Å².